The third kappa shape index (κ3) is 4.68. The molecular weight excluding hydrogens is 212 g/mol. The molecule has 0 bridgehead atoms. The zero-order valence-corrected chi connectivity index (χ0v) is 12.9. The predicted molar refractivity (Wildman–Crippen MR) is 63.8 cm³/mol. The summed E-state index contributed by atoms with van der Waals surface area (Å²) in [5.41, 5.74) is 0.544. The smallest absolute Gasteiger partial charge is 0.189 e. The Morgan fingerprint density at radius 3 is 2.00 bits per heavy atom. The molecule has 0 unspecified atom stereocenters. The van der Waals surface area contributed by atoms with Crippen LogP contribution < -0.4 is 0 Å². The monoisotopic (exact) mass is 230 g/mol. The Morgan fingerprint density at radius 1 is 1.21 bits per heavy atom. The van der Waals surface area contributed by atoms with Crippen molar-refractivity contribution >= 4 is 21.0 Å². The van der Waals surface area contributed by atoms with Crippen LogP contribution in [0.2, 0.25) is 0 Å². The van der Waals surface area contributed by atoms with Crippen molar-refractivity contribution in [1.82, 2.24) is 0 Å². The molecule has 80 valence electrons. The molecule has 1 aromatic carbocycles. The van der Waals surface area contributed by atoms with Crippen molar-refractivity contribution in [2.45, 2.75) is 19.1 Å². The Bertz CT molecular complexity index is 239. The maximum Gasteiger partial charge on any atom is 0.189 e. The summed E-state index contributed by atoms with van der Waals surface area (Å²) >= 11 is 0. The van der Waals surface area contributed by atoms with E-state index in [1.807, 2.05) is 6.07 Å². The van der Waals surface area contributed by atoms with E-state index in [1.165, 1.54) is 0 Å². The number of hydrogen-bond acceptors (Lipinski definition) is 3. The van der Waals surface area contributed by atoms with Crippen LogP contribution in [0.15, 0.2) is 30.3 Å². The fraction of sp³-hybridized carbons (Fsp3) is 0.333. The topological polar surface area (TPSA) is 49.7 Å². The SMILES string of the molecule is CCC(O)(O)c1ccccc1.[SiH3]O[SiH3]. The average Bonchev–Trinajstić information content (AvgIpc) is 2.20. The van der Waals surface area contributed by atoms with Gasteiger partial charge in [-0.2, -0.15) is 0 Å². The van der Waals surface area contributed by atoms with Gasteiger partial charge in [0.05, 0.1) is 0 Å². The summed E-state index contributed by atoms with van der Waals surface area (Å²) in [6.07, 6.45) is 0.303. The van der Waals surface area contributed by atoms with Gasteiger partial charge in [0.1, 0.15) is 21.0 Å². The summed E-state index contributed by atoms with van der Waals surface area (Å²) < 4.78 is 4.53. The second-order valence-corrected chi connectivity index (χ2v) is 6.21. The van der Waals surface area contributed by atoms with Gasteiger partial charge in [0, 0.05) is 12.0 Å². The summed E-state index contributed by atoms with van der Waals surface area (Å²) in [5, 5.41) is 18.7. The molecule has 0 heterocycles. The highest BCUT2D eigenvalue weighted by Crippen LogP contribution is 2.20. The maximum absolute atomic E-state index is 9.35. The molecule has 0 aliphatic rings. The Kier molecular flexibility index (Phi) is 6.68. The first-order valence-corrected chi connectivity index (χ1v) is 6.12. The fourth-order valence-corrected chi connectivity index (χ4v) is 0.909. The molecule has 0 fully saturated rings. The second-order valence-electron chi connectivity index (χ2n) is 2.94. The largest absolute Gasteiger partial charge is 0.471 e. The maximum atomic E-state index is 9.35. The number of rotatable bonds is 2. The van der Waals surface area contributed by atoms with Crippen LogP contribution >= 0.6 is 0 Å². The molecule has 0 aromatic heterocycles. The van der Waals surface area contributed by atoms with Crippen LogP contribution in [-0.4, -0.2) is 31.2 Å². The molecule has 14 heavy (non-hydrogen) atoms. The van der Waals surface area contributed by atoms with Gasteiger partial charge >= 0.3 is 0 Å². The molecule has 0 saturated heterocycles. The average molecular weight is 230 g/mol. The Morgan fingerprint density at radius 2 is 1.64 bits per heavy atom. The number of aliphatic hydroxyl groups is 2. The summed E-state index contributed by atoms with van der Waals surface area (Å²) in [6, 6.07) is 8.81. The molecule has 2 N–H and O–H groups in total. The first-order valence-electron chi connectivity index (χ1n) is 4.49. The van der Waals surface area contributed by atoms with E-state index in [0.717, 1.165) is 21.0 Å². The van der Waals surface area contributed by atoms with Crippen LogP contribution in [0, 0.1) is 0 Å². The summed E-state index contributed by atoms with van der Waals surface area (Å²) in [4.78, 5) is 0. The Labute approximate surface area is 90.8 Å². The van der Waals surface area contributed by atoms with Crippen LogP contribution in [0.1, 0.15) is 18.9 Å². The highest BCUT2D eigenvalue weighted by molar-refractivity contribution is 6.15. The van der Waals surface area contributed by atoms with Gasteiger partial charge < -0.3 is 14.3 Å². The van der Waals surface area contributed by atoms with Crippen molar-refractivity contribution in [2.24, 2.45) is 0 Å². The van der Waals surface area contributed by atoms with E-state index >= 15 is 0 Å². The van der Waals surface area contributed by atoms with Gasteiger partial charge in [0.2, 0.25) is 0 Å². The third-order valence-electron chi connectivity index (χ3n) is 1.73. The van der Waals surface area contributed by atoms with Gasteiger partial charge in [-0.15, -0.1) is 0 Å². The molecule has 0 radical (unpaired) electrons. The predicted octanol–water partition coefficient (Wildman–Crippen LogP) is -1.20. The highest BCUT2D eigenvalue weighted by atomic mass is 28.3. The van der Waals surface area contributed by atoms with Crippen molar-refractivity contribution in [3.05, 3.63) is 35.9 Å². The van der Waals surface area contributed by atoms with E-state index < -0.39 is 5.79 Å². The first kappa shape index (κ1) is 13.5. The van der Waals surface area contributed by atoms with Crippen molar-refractivity contribution in [1.29, 1.82) is 0 Å². The highest BCUT2D eigenvalue weighted by Gasteiger charge is 2.21. The van der Waals surface area contributed by atoms with Gasteiger partial charge in [-0.3, -0.25) is 0 Å². The van der Waals surface area contributed by atoms with Crippen LogP contribution in [-0.2, 0) is 9.90 Å². The third-order valence-corrected chi connectivity index (χ3v) is 1.73. The van der Waals surface area contributed by atoms with Crippen LogP contribution in [0.4, 0.5) is 0 Å². The standard InChI is InChI=1S/C9H12O2.H6OSi2/c1-2-9(10,11)8-6-4-3-5-7-8;2-1-3/h3-7,10-11H,2H2,1H3;2-3H3. The van der Waals surface area contributed by atoms with Crippen molar-refractivity contribution in [3.8, 4) is 0 Å². The minimum atomic E-state index is -1.67. The van der Waals surface area contributed by atoms with E-state index in [-0.39, 0.29) is 0 Å². The second kappa shape index (κ2) is 6.91. The Balaban J connectivity index is 0.000000500. The lowest BCUT2D eigenvalue weighted by molar-refractivity contribution is -0.171. The molecule has 0 spiro atoms. The minimum Gasteiger partial charge on any atom is -0.471 e. The zero-order valence-electron chi connectivity index (χ0n) is 8.90. The summed E-state index contributed by atoms with van der Waals surface area (Å²) in [5.74, 6) is -1.67. The quantitative estimate of drug-likeness (QED) is 0.496. The van der Waals surface area contributed by atoms with E-state index in [1.54, 1.807) is 31.2 Å². The Hall–Kier alpha value is -0.466. The normalized spacial score (nSPS) is 10.8. The first-order chi connectivity index (χ1) is 6.58. The number of hydrogen-bond donors (Lipinski definition) is 2. The lowest BCUT2D eigenvalue weighted by Crippen LogP contribution is -2.23. The van der Waals surface area contributed by atoms with Crippen molar-refractivity contribution < 1.29 is 14.3 Å². The fourth-order valence-electron chi connectivity index (χ4n) is 0.909. The van der Waals surface area contributed by atoms with Gasteiger partial charge in [-0.25, -0.2) is 0 Å². The lowest BCUT2D eigenvalue weighted by atomic mass is 10.0. The van der Waals surface area contributed by atoms with Crippen molar-refractivity contribution in [2.75, 3.05) is 0 Å². The zero-order chi connectivity index (χ0) is 11.0. The summed E-state index contributed by atoms with van der Waals surface area (Å²) in [7, 11) is 1.86. The molecule has 0 saturated carbocycles. The van der Waals surface area contributed by atoms with Gasteiger partial charge in [0.25, 0.3) is 0 Å². The van der Waals surface area contributed by atoms with Gasteiger partial charge in [-0.05, 0) is 0 Å². The molecule has 0 amide bonds. The molecule has 1 rings (SSSR count). The molecule has 0 aliphatic heterocycles. The molecule has 0 aliphatic carbocycles. The van der Waals surface area contributed by atoms with Crippen LogP contribution in [0.3, 0.4) is 0 Å². The lowest BCUT2D eigenvalue weighted by Gasteiger charge is -2.19. The van der Waals surface area contributed by atoms with Gasteiger partial charge in [0.15, 0.2) is 5.79 Å². The van der Waals surface area contributed by atoms with Gasteiger partial charge in [-0.1, -0.05) is 37.3 Å². The van der Waals surface area contributed by atoms with E-state index in [2.05, 4.69) is 4.12 Å². The van der Waals surface area contributed by atoms with Crippen molar-refractivity contribution in [3.63, 3.8) is 0 Å². The minimum absolute atomic E-state index is 0.303. The molecular formula is C9H18O3Si2. The molecule has 1 aromatic rings. The summed E-state index contributed by atoms with van der Waals surface area (Å²) in [6.45, 7) is 1.73. The number of benzene rings is 1. The molecule has 3 nitrogen and oxygen atoms in total. The van der Waals surface area contributed by atoms with Crippen LogP contribution in [0.5, 0.6) is 0 Å². The van der Waals surface area contributed by atoms with E-state index in [0.29, 0.717) is 12.0 Å². The molecule has 5 heteroatoms. The van der Waals surface area contributed by atoms with E-state index in [4.69, 9.17) is 0 Å². The van der Waals surface area contributed by atoms with Crippen LogP contribution in [0.25, 0.3) is 0 Å². The van der Waals surface area contributed by atoms with E-state index in [9.17, 15) is 10.2 Å². The molecule has 0 atom stereocenters.